The summed E-state index contributed by atoms with van der Waals surface area (Å²) in [5.41, 5.74) is 0.362. The molecule has 1 heterocycles. The maximum absolute atomic E-state index is 8.78. The average molecular weight is 171 g/mol. The van der Waals surface area contributed by atoms with Gasteiger partial charge in [0.1, 0.15) is 0 Å². The van der Waals surface area contributed by atoms with E-state index >= 15 is 0 Å². The van der Waals surface area contributed by atoms with Crippen molar-refractivity contribution in [3.63, 3.8) is 0 Å². The Morgan fingerprint density at radius 3 is 2.75 bits per heavy atom. The molecule has 0 aliphatic carbocycles. The third-order valence-corrected chi connectivity index (χ3v) is 3.07. The summed E-state index contributed by atoms with van der Waals surface area (Å²) in [5.74, 6) is 0. The number of rotatable bonds is 4. The van der Waals surface area contributed by atoms with Gasteiger partial charge in [0.05, 0.1) is 0 Å². The first-order valence-electron chi connectivity index (χ1n) is 5.19. The summed E-state index contributed by atoms with van der Waals surface area (Å²) in [4.78, 5) is 0. The van der Waals surface area contributed by atoms with E-state index in [4.69, 9.17) is 5.11 Å². The zero-order chi connectivity index (χ0) is 8.86. The standard InChI is InChI=1S/C10H21NO/c1-2-10(7-5-9-12)6-3-4-8-11-10/h11-12H,2-9H2,1H3. The number of aliphatic hydroxyl groups is 1. The zero-order valence-corrected chi connectivity index (χ0v) is 8.10. The molecule has 2 nitrogen and oxygen atoms in total. The molecule has 0 spiro atoms. The molecule has 1 aliphatic rings. The van der Waals surface area contributed by atoms with Crippen molar-refractivity contribution in [1.82, 2.24) is 5.32 Å². The van der Waals surface area contributed by atoms with Crippen LogP contribution in [0.4, 0.5) is 0 Å². The lowest BCUT2D eigenvalue weighted by Gasteiger charge is -2.37. The van der Waals surface area contributed by atoms with Crippen molar-refractivity contribution in [3.05, 3.63) is 0 Å². The molecule has 0 aromatic carbocycles. The highest BCUT2D eigenvalue weighted by Gasteiger charge is 2.28. The Morgan fingerprint density at radius 2 is 2.25 bits per heavy atom. The first-order valence-corrected chi connectivity index (χ1v) is 5.19. The van der Waals surface area contributed by atoms with Crippen LogP contribution in [-0.2, 0) is 0 Å². The molecule has 1 rings (SSSR count). The normalized spacial score (nSPS) is 30.5. The van der Waals surface area contributed by atoms with E-state index in [1.165, 1.54) is 32.2 Å². The molecule has 0 bridgehead atoms. The summed E-state index contributed by atoms with van der Waals surface area (Å²) in [7, 11) is 0. The molecule has 0 radical (unpaired) electrons. The first kappa shape index (κ1) is 10.0. The first-order chi connectivity index (χ1) is 5.83. The van der Waals surface area contributed by atoms with Crippen LogP contribution >= 0.6 is 0 Å². The quantitative estimate of drug-likeness (QED) is 0.674. The second kappa shape index (κ2) is 4.83. The molecule has 0 aromatic heterocycles. The van der Waals surface area contributed by atoms with E-state index in [-0.39, 0.29) is 0 Å². The predicted molar refractivity (Wildman–Crippen MR) is 51.2 cm³/mol. The average Bonchev–Trinajstić information content (AvgIpc) is 2.16. The van der Waals surface area contributed by atoms with Gasteiger partial charge in [-0.15, -0.1) is 0 Å². The fourth-order valence-electron chi connectivity index (χ4n) is 2.14. The van der Waals surface area contributed by atoms with Crippen LogP contribution in [0.25, 0.3) is 0 Å². The SMILES string of the molecule is CCC1(CCCO)CCCCN1. The molecule has 1 atom stereocenters. The Labute approximate surface area is 75.4 Å². The van der Waals surface area contributed by atoms with Crippen LogP contribution in [-0.4, -0.2) is 23.8 Å². The fourth-order valence-corrected chi connectivity index (χ4v) is 2.14. The molecule has 2 heteroatoms. The highest BCUT2D eigenvalue weighted by molar-refractivity contribution is 4.89. The van der Waals surface area contributed by atoms with Crippen LogP contribution in [0, 0.1) is 0 Å². The van der Waals surface area contributed by atoms with Crippen molar-refractivity contribution in [3.8, 4) is 0 Å². The van der Waals surface area contributed by atoms with Gasteiger partial charge < -0.3 is 10.4 Å². The predicted octanol–water partition coefficient (Wildman–Crippen LogP) is 1.68. The molecular formula is C10H21NO. The summed E-state index contributed by atoms with van der Waals surface area (Å²) < 4.78 is 0. The molecule has 1 saturated heterocycles. The second-order valence-corrected chi connectivity index (χ2v) is 3.84. The maximum Gasteiger partial charge on any atom is 0.0431 e. The number of aliphatic hydroxyl groups excluding tert-OH is 1. The summed E-state index contributed by atoms with van der Waals surface area (Å²) in [6.07, 6.45) is 7.25. The van der Waals surface area contributed by atoms with Crippen molar-refractivity contribution in [1.29, 1.82) is 0 Å². The second-order valence-electron chi connectivity index (χ2n) is 3.84. The Morgan fingerprint density at radius 1 is 1.42 bits per heavy atom. The third kappa shape index (κ3) is 2.46. The van der Waals surface area contributed by atoms with Gasteiger partial charge in [-0.25, -0.2) is 0 Å². The van der Waals surface area contributed by atoms with Crippen molar-refractivity contribution in [2.45, 2.75) is 51.0 Å². The van der Waals surface area contributed by atoms with Crippen molar-refractivity contribution in [2.75, 3.05) is 13.2 Å². The summed E-state index contributed by atoms with van der Waals surface area (Å²) >= 11 is 0. The van der Waals surface area contributed by atoms with Gasteiger partial charge in [0, 0.05) is 12.1 Å². The van der Waals surface area contributed by atoms with Crippen LogP contribution in [0.3, 0.4) is 0 Å². The van der Waals surface area contributed by atoms with Crippen molar-refractivity contribution in [2.24, 2.45) is 0 Å². The van der Waals surface area contributed by atoms with Gasteiger partial charge >= 0.3 is 0 Å². The van der Waals surface area contributed by atoms with Crippen LogP contribution in [0.2, 0.25) is 0 Å². The maximum atomic E-state index is 8.78. The minimum atomic E-state index is 0.337. The van der Waals surface area contributed by atoms with Crippen LogP contribution in [0.1, 0.15) is 45.4 Å². The molecule has 0 saturated carbocycles. The lowest BCUT2D eigenvalue weighted by atomic mass is 9.83. The van der Waals surface area contributed by atoms with Gasteiger partial charge in [0.2, 0.25) is 0 Å². The Hall–Kier alpha value is -0.0800. The molecule has 2 N–H and O–H groups in total. The van der Waals surface area contributed by atoms with Gasteiger partial charge in [0.15, 0.2) is 0 Å². The molecule has 1 fully saturated rings. The molecule has 0 amide bonds. The van der Waals surface area contributed by atoms with E-state index in [0.717, 1.165) is 12.8 Å². The van der Waals surface area contributed by atoms with Gasteiger partial charge in [-0.05, 0) is 38.6 Å². The Balaban J connectivity index is 2.37. The van der Waals surface area contributed by atoms with Crippen LogP contribution in [0.5, 0.6) is 0 Å². The highest BCUT2D eigenvalue weighted by atomic mass is 16.2. The molecule has 0 aromatic rings. The molecule has 12 heavy (non-hydrogen) atoms. The summed E-state index contributed by atoms with van der Waals surface area (Å²) in [5, 5.41) is 12.4. The molecular weight excluding hydrogens is 150 g/mol. The number of piperidine rings is 1. The van der Waals surface area contributed by atoms with Crippen LogP contribution < -0.4 is 5.32 Å². The topological polar surface area (TPSA) is 32.3 Å². The largest absolute Gasteiger partial charge is 0.396 e. The lowest BCUT2D eigenvalue weighted by molar-refractivity contribution is 0.197. The summed E-state index contributed by atoms with van der Waals surface area (Å²) in [6, 6.07) is 0. The van der Waals surface area contributed by atoms with Gasteiger partial charge in [-0.3, -0.25) is 0 Å². The number of hydrogen-bond acceptors (Lipinski definition) is 2. The summed E-state index contributed by atoms with van der Waals surface area (Å²) in [6.45, 7) is 3.75. The zero-order valence-electron chi connectivity index (χ0n) is 8.10. The van der Waals surface area contributed by atoms with Gasteiger partial charge in [0.25, 0.3) is 0 Å². The van der Waals surface area contributed by atoms with E-state index in [9.17, 15) is 0 Å². The Bertz CT molecular complexity index is 119. The minimum Gasteiger partial charge on any atom is -0.396 e. The van der Waals surface area contributed by atoms with E-state index in [0.29, 0.717) is 12.1 Å². The van der Waals surface area contributed by atoms with Crippen LogP contribution in [0.15, 0.2) is 0 Å². The highest BCUT2D eigenvalue weighted by Crippen LogP contribution is 2.27. The number of nitrogens with one attached hydrogen (secondary N) is 1. The van der Waals surface area contributed by atoms with Gasteiger partial charge in [-0.1, -0.05) is 13.3 Å². The molecule has 1 unspecified atom stereocenters. The third-order valence-electron chi connectivity index (χ3n) is 3.07. The van der Waals surface area contributed by atoms with E-state index in [2.05, 4.69) is 12.2 Å². The molecule has 1 aliphatic heterocycles. The Kier molecular flexibility index (Phi) is 4.02. The monoisotopic (exact) mass is 171 g/mol. The minimum absolute atomic E-state index is 0.337. The van der Waals surface area contributed by atoms with Crippen molar-refractivity contribution < 1.29 is 5.11 Å². The van der Waals surface area contributed by atoms with Crippen molar-refractivity contribution >= 4 is 0 Å². The molecule has 72 valence electrons. The van der Waals surface area contributed by atoms with E-state index in [1.807, 2.05) is 0 Å². The lowest BCUT2D eigenvalue weighted by Crippen LogP contribution is -2.48. The van der Waals surface area contributed by atoms with Gasteiger partial charge in [-0.2, -0.15) is 0 Å². The van der Waals surface area contributed by atoms with E-state index < -0.39 is 0 Å². The fraction of sp³-hybridized carbons (Fsp3) is 1.00. The number of hydrogen-bond donors (Lipinski definition) is 2. The smallest absolute Gasteiger partial charge is 0.0431 e. The van der Waals surface area contributed by atoms with E-state index in [1.54, 1.807) is 0 Å².